The average Bonchev–Trinajstić information content (AvgIpc) is 3.46. The van der Waals surface area contributed by atoms with Crippen molar-refractivity contribution < 1.29 is 8.95 Å². The maximum atomic E-state index is 12.6. The van der Waals surface area contributed by atoms with E-state index in [9.17, 15) is 4.21 Å². The van der Waals surface area contributed by atoms with Gasteiger partial charge in [-0.25, -0.2) is 0 Å². The van der Waals surface area contributed by atoms with Crippen molar-refractivity contribution in [3.8, 4) is 5.75 Å². The molecule has 0 spiro atoms. The lowest BCUT2D eigenvalue weighted by molar-refractivity contribution is 0.271. The standard InChI is InChI=1S/C19H21Cl2NO2S/c1-24-17-7-2-14(3-8-17)13-22(16-5-6-16)10-11-25(23)19-12-15(20)4-9-18(19)21/h2-4,7-9,12,16H,5-6,10-11,13H2,1H3/t25-/m0/s1. The van der Waals surface area contributed by atoms with Crippen LogP contribution in [-0.2, 0) is 17.3 Å². The van der Waals surface area contributed by atoms with Gasteiger partial charge in [0.1, 0.15) is 5.75 Å². The van der Waals surface area contributed by atoms with Gasteiger partial charge in [0.25, 0.3) is 0 Å². The van der Waals surface area contributed by atoms with Crippen LogP contribution in [0.1, 0.15) is 18.4 Å². The van der Waals surface area contributed by atoms with Crippen molar-refractivity contribution in [2.75, 3.05) is 19.4 Å². The van der Waals surface area contributed by atoms with Gasteiger partial charge in [-0.3, -0.25) is 9.11 Å². The molecule has 0 N–H and O–H groups in total. The van der Waals surface area contributed by atoms with Gasteiger partial charge in [-0.05, 0) is 48.7 Å². The second kappa shape index (κ2) is 8.54. The summed E-state index contributed by atoms with van der Waals surface area (Å²) in [6.07, 6.45) is 2.42. The van der Waals surface area contributed by atoms with E-state index in [1.165, 1.54) is 18.4 Å². The van der Waals surface area contributed by atoms with Crippen LogP contribution >= 0.6 is 23.2 Å². The summed E-state index contributed by atoms with van der Waals surface area (Å²) in [5.74, 6) is 1.41. The van der Waals surface area contributed by atoms with Crippen LogP contribution in [0.2, 0.25) is 10.0 Å². The summed E-state index contributed by atoms with van der Waals surface area (Å²) in [5.41, 5.74) is 1.24. The molecule has 0 bridgehead atoms. The number of methoxy groups -OCH3 is 1. The Balaban J connectivity index is 1.62. The summed E-state index contributed by atoms with van der Waals surface area (Å²) >= 11 is 12.2. The number of rotatable bonds is 8. The molecular formula is C19H21Cl2NO2S. The highest BCUT2D eigenvalue weighted by Gasteiger charge is 2.29. The van der Waals surface area contributed by atoms with E-state index in [0.717, 1.165) is 18.8 Å². The van der Waals surface area contributed by atoms with E-state index in [1.54, 1.807) is 25.3 Å². The molecule has 134 valence electrons. The van der Waals surface area contributed by atoms with Gasteiger partial charge in [0, 0.05) is 29.9 Å². The third kappa shape index (κ3) is 5.20. The third-order valence-corrected chi connectivity index (χ3v) is 6.37. The molecule has 0 heterocycles. The molecule has 0 aliphatic heterocycles. The summed E-state index contributed by atoms with van der Waals surface area (Å²) in [6.45, 7) is 1.63. The average molecular weight is 398 g/mol. The number of ether oxygens (including phenoxy) is 1. The van der Waals surface area contributed by atoms with Gasteiger partial charge in [-0.2, -0.15) is 0 Å². The molecule has 3 rings (SSSR count). The molecule has 6 heteroatoms. The largest absolute Gasteiger partial charge is 0.497 e. The lowest BCUT2D eigenvalue weighted by Crippen LogP contribution is -2.29. The molecule has 0 aromatic heterocycles. The monoisotopic (exact) mass is 397 g/mol. The van der Waals surface area contributed by atoms with Gasteiger partial charge >= 0.3 is 0 Å². The normalized spacial score (nSPS) is 15.4. The maximum Gasteiger partial charge on any atom is 0.118 e. The Labute approximate surface area is 161 Å². The molecule has 0 radical (unpaired) electrons. The number of hydrogen-bond acceptors (Lipinski definition) is 3. The zero-order valence-corrected chi connectivity index (χ0v) is 16.4. The molecule has 2 aromatic rings. The van der Waals surface area contributed by atoms with Crippen LogP contribution in [0.25, 0.3) is 0 Å². The van der Waals surface area contributed by atoms with Crippen LogP contribution in [0.15, 0.2) is 47.4 Å². The summed E-state index contributed by atoms with van der Waals surface area (Å²) in [6, 6.07) is 13.8. The van der Waals surface area contributed by atoms with Crippen molar-refractivity contribution in [3.05, 3.63) is 58.1 Å². The van der Waals surface area contributed by atoms with Crippen LogP contribution in [0.5, 0.6) is 5.75 Å². The van der Waals surface area contributed by atoms with Gasteiger partial charge in [0.2, 0.25) is 0 Å². The smallest absolute Gasteiger partial charge is 0.118 e. The zero-order chi connectivity index (χ0) is 17.8. The predicted octanol–water partition coefficient (Wildman–Crippen LogP) is 4.77. The number of benzene rings is 2. The molecule has 1 atom stereocenters. The first-order valence-corrected chi connectivity index (χ1v) is 10.3. The first kappa shape index (κ1) is 18.7. The summed E-state index contributed by atoms with van der Waals surface area (Å²) in [4.78, 5) is 3.02. The number of halogens is 2. The second-order valence-corrected chi connectivity index (χ2v) is 8.56. The van der Waals surface area contributed by atoms with Crippen molar-refractivity contribution >= 4 is 34.0 Å². The number of hydrogen-bond donors (Lipinski definition) is 0. The van der Waals surface area contributed by atoms with Gasteiger partial charge in [-0.1, -0.05) is 35.3 Å². The van der Waals surface area contributed by atoms with Crippen molar-refractivity contribution in [3.63, 3.8) is 0 Å². The topological polar surface area (TPSA) is 29.5 Å². The summed E-state index contributed by atoms with van der Waals surface area (Å²) in [5, 5.41) is 1.07. The molecule has 1 aliphatic rings. The quantitative estimate of drug-likeness (QED) is 0.641. The summed E-state index contributed by atoms with van der Waals surface area (Å²) in [7, 11) is 0.513. The molecule has 0 unspecified atom stereocenters. The van der Waals surface area contributed by atoms with Gasteiger partial charge in [0.05, 0.1) is 27.8 Å². The highest BCUT2D eigenvalue weighted by atomic mass is 35.5. The minimum absolute atomic E-state index is 0.510. The Bertz CT molecular complexity index is 748. The molecule has 25 heavy (non-hydrogen) atoms. The van der Waals surface area contributed by atoms with Crippen molar-refractivity contribution in [1.82, 2.24) is 4.90 Å². The molecule has 0 saturated heterocycles. The first-order valence-electron chi connectivity index (χ1n) is 8.27. The van der Waals surface area contributed by atoms with Crippen molar-refractivity contribution in [2.45, 2.75) is 30.3 Å². The Morgan fingerprint density at radius 3 is 2.52 bits per heavy atom. The fourth-order valence-corrected chi connectivity index (χ4v) is 4.53. The lowest BCUT2D eigenvalue weighted by atomic mass is 10.2. The van der Waals surface area contributed by atoms with E-state index >= 15 is 0 Å². The maximum absolute atomic E-state index is 12.6. The van der Waals surface area contributed by atoms with Crippen molar-refractivity contribution in [2.24, 2.45) is 0 Å². The van der Waals surface area contributed by atoms with Crippen LogP contribution in [0.3, 0.4) is 0 Å². The van der Waals surface area contributed by atoms with Gasteiger partial charge in [0.15, 0.2) is 0 Å². The van der Waals surface area contributed by atoms with Crippen LogP contribution in [0, 0.1) is 0 Å². The number of nitrogens with zero attached hydrogens (tertiary/aromatic N) is 1. The van der Waals surface area contributed by atoms with E-state index in [2.05, 4.69) is 17.0 Å². The first-order chi connectivity index (χ1) is 12.1. The minimum atomic E-state index is -1.16. The van der Waals surface area contributed by atoms with E-state index < -0.39 is 10.8 Å². The van der Waals surface area contributed by atoms with Gasteiger partial charge in [-0.15, -0.1) is 0 Å². The van der Waals surface area contributed by atoms with Crippen LogP contribution in [-0.4, -0.2) is 34.6 Å². The zero-order valence-electron chi connectivity index (χ0n) is 14.1. The fourth-order valence-electron chi connectivity index (χ4n) is 2.76. The van der Waals surface area contributed by atoms with Crippen LogP contribution in [0.4, 0.5) is 0 Å². The van der Waals surface area contributed by atoms with E-state index in [0.29, 0.717) is 26.7 Å². The summed E-state index contributed by atoms with van der Waals surface area (Å²) < 4.78 is 17.8. The molecule has 0 amide bonds. The highest BCUT2D eigenvalue weighted by molar-refractivity contribution is 7.85. The second-order valence-electron chi connectivity index (χ2n) is 6.17. The molecule has 2 aromatic carbocycles. The molecule has 1 saturated carbocycles. The van der Waals surface area contributed by atoms with E-state index in [1.807, 2.05) is 12.1 Å². The Hall–Kier alpha value is -1.07. The minimum Gasteiger partial charge on any atom is -0.497 e. The lowest BCUT2D eigenvalue weighted by Gasteiger charge is -2.22. The molecule has 3 nitrogen and oxygen atoms in total. The van der Waals surface area contributed by atoms with E-state index in [4.69, 9.17) is 27.9 Å². The van der Waals surface area contributed by atoms with E-state index in [-0.39, 0.29) is 0 Å². The Morgan fingerprint density at radius 1 is 1.16 bits per heavy atom. The fraction of sp³-hybridized carbons (Fsp3) is 0.368. The van der Waals surface area contributed by atoms with Gasteiger partial charge < -0.3 is 4.74 Å². The molecular weight excluding hydrogens is 377 g/mol. The Kier molecular flexibility index (Phi) is 6.39. The molecule has 1 aliphatic carbocycles. The van der Waals surface area contributed by atoms with Crippen LogP contribution < -0.4 is 4.74 Å². The highest BCUT2D eigenvalue weighted by Crippen LogP contribution is 2.29. The SMILES string of the molecule is COc1ccc(CN(CC[S@](=O)c2cc(Cl)ccc2Cl)C2CC2)cc1. The third-order valence-electron chi connectivity index (χ3n) is 4.31. The molecule has 1 fully saturated rings. The predicted molar refractivity (Wildman–Crippen MR) is 104 cm³/mol. The van der Waals surface area contributed by atoms with Crippen molar-refractivity contribution in [1.29, 1.82) is 0 Å². The Morgan fingerprint density at radius 2 is 1.88 bits per heavy atom.